The lowest BCUT2D eigenvalue weighted by atomic mass is 9.85. The van der Waals surface area contributed by atoms with E-state index in [4.69, 9.17) is 37.4 Å². The summed E-state index contributed by atoms with van der Waals surface area (Å²) < 4.78 is 48.7. The zero-order valence-electron chi connectivity index (χ0n) is 34.1. The smallest absolute Gasteiger partial charge is 0.256 e. The third kappa shape index (κ3) is 10.2. The lowest BCUT2D eigenvalue weighted by molar-refractivity contribution is 0.244. The molecule has 0 radical (unpaired) electrons. The number of aromatic nitrogens is 4. The summed E-state index contributed by atoms with van der Waals surface area (Å²) in [5.41, 5.74) is 14.5. The second-order valence-corrected chi connectivity index (χ2v) is 17.1. The van der Waals surface area contributed by atoms with Crippen molar-refractivity contribution in [3.05, 3.63) is 118 Å². The summed E-state index contributed by atoms with van der Waals surface area (Å²) >= 11 is 0. The van der Waals surface area contributed by atoms with Crippen LogP contribution in [-0.2, 0) is 22.9 Å². The van der Waals surface area contributed by atoms with E-state index < -0.39 is 10.0 Å². The molecule has 6 aromatic rings. The van der Waals surface area contributed by atoms with Crippen molar-refractivity contribution >= 4 is 21.4 Å². The van der Waals surface area contributed by atoms with Crippen molar-refractivity contribution in [1.29, 1.82) is 0 Å². The third-order valence-electron chi connectivity index (χ3n) is 10.1. The predicted octanol–water partition coefficient (Wildman–Crippen LogP) is 10.4. The van der Waals surface area contributed by atoms with Crippen LogP contribution in [0, 0.1) is 13.1 Å². The summed E-state index contributed by atoms with van der Waals surface area (Å²) in [5, 5.41) is 8.35. The van der Waals surface area contributed by atoms with Crippen LogP contribution in [0.25, 0.3) is 55.4 Å². The Kier molecular flexibility index (Phi) is 13.7. The summed E-state index contributed by atoms with van der Waals surface area (Å²) in [4.78, 5) is 16.3. The van der Waals surface area contributed by atoms with Gasteiger partial charge in [-0.25, -0.2) is 22.8 Å². The number of hydrogen-bond donors (Lipinski definition) is 2. The van der Waals surface area contributed by atoms with E-state index in [1.54, 1.807) is 30.3 Å². The van der Waals surface area contributed by atoms with Gasteiger partial charge in [0.2, 0.25) is 33.0 Å². The SMILES string of the molecule is C.[C-]#[N+]c1cc(-c2nc(-c3cccc4c3CCC[C@H]4N)no2)ccc1OC(C)C.[C-]#[N+]c1cc(-c2nc(-c3cccc4c3CCC[C@H]4NS(C)(=O)=O)no2)ccc1OC(C)C. The molecule has 61 heavy (non-hydrogen) atoms. The van der Waals surface area contributed by atoms with Crippen LogP contribution in [0.15, 0.2) is 81.8 Å². The summed E-state index contributed by atoms with van der Waals surface area (Å²) in [6, 6.07) is 22.1. The first-order chi connectivity index (χ1) is 28.8. The first-order valence-corrected chi connectivity index (χ1v) is 21.7. The molecule has 4 aromatic carbocycles. The highest BCUT2D eigenvalue weighted by Gasteiger charge is 2.27. The van der Waals surface area contributed by atoms with Gasteiger partial charge in [0.25, 0.3) is 11.8 Å². The van der Waals surface area contributed by atoms with Crippen molar-refractivity contribution in [3.8, 4) is 57.2 Å². The van der Waals surface area contributed by atoms with Gasteiger partial charge in [-0.1, -0.05) is 54.1 Å². The number of nitrogens with one attached hydrogen (secondary N) is 1. The minimum absolute atomic E-state index is 0. The predicted molar refractivity (Wildman–Crippen MR) is 235 cm³/mol. The molecule has 0 aliphatic heterocycles. The van der Waals surface area contributed by atoms with E-state index in [-0.39, 0.29) is 31.7 Å². The minimum Gasteiger partial charge on any atom is -0.502 e. The Hall–Kier alpha value is -6.39. The summed E-state index contributed by atoms with van der Waals surface area (Å²) in [7, 11) is -3.33. The second kappa shape index (κ2) is 18.9. The number of nitrogens with zero attached hydrogens (tertiary/aromatic N) is 6. The molecule has 0 amide bonds. The van der Waals surface area contributed by atoms with E-state index in [0.717, 1.165) is 60.8 Å². The fraction of sp³-hybridized carbons (Fsp3) is 0.348. The topological polar surface area (TPSA) is 177 Å². The molecule has 2 aromatic heterocycles. The highest BCUT2D eigenvalue weighted by atomic mass is 32.2. The van der Waals surface area contributed by atoms with Gasteiger partial charge in [0.15, 0.2) is 0 Å². The molecule has 2 aliphatic carbocycles. The van der Waals surface area contributed by atoms with E-state index in [1.165, 1.54) is 17.4 Å². The number of rotatable bonds is 10. The average molecular weight is 843 g/mol. The van der Waals surface area contributed by atoms with Gasteiger partial charge in [-0.15, -0.1) is 0 Å². The van der Waals surface area contributed by atoms with E-state index in [2.05, 4.69) is 40.8 Å². The van der Waals surface area contributed by atoms with Gasteiger partial charge in [0, 0.05) is 34.3 Å². The zero-order chi connectivity index (χ0) is 42.6. The van der Waals surface area contributed by atoms with E-state index in [0.29, 0.717) is 57.4 Å². The molecule has 0 spiro atoms. The number of nitrogens with two attached hydrogens (primary N) is 1. The Morgan fingerprint density at radius 1 is 0.738 bits per heavy atom. The number of benzene rings is 4. The second-order valence-electron chi connectivity index (χ2n) is 15.3. The lowest BCUT2D eigenvalue weighted by Crippen LogP contribution is -2.30. The van der Waals surface area contributed by atoms with Gasteiger partial charge >= 0.3 is 0 Å². The van der Waals surface area contributed by atoms with E-state index in [9.17, 15) is 8.42 Å². The molecule has 8 rings (SSSR count). The molecule has 316 valence electrons. The first-order valence-electron chi connectivity index (χ1n) is 19.8. The van der Waals surface area contributed by atoms with Crippen LogP contribution in [-0.4, -0.2) is 47.2 Å². The number of sulfonamides is 1. The van der Waals surface area contributed by atoms with Crippen LogP contribution in [0.5, 0.6) is 11.5 Å². The number of fused-ring (bicyclic) bond motifs is 2. The Morgan fingerprint density at radius 3 is 1.69 bits per heavy atom. The Labute approximate surface area is 357 Å². The van der Waals surface area contributed by atoms with Gasteiger partial charge in [0.05, 0.1) is 31.6 Å². The monoisotopic (exact) mass is 842 g/mol. The summed E-state index contributed by atoms with van der Waals surface area (Å²) in [6.07, 6.45) is 6.55. The molecular formula is C46H50N8O6S. The standard InChI is InChI=1S/C23H24N4O4S.C22H22N4O2.CH4/c1-14(2)30-21-12-11-15(13-20(21)24-3)23-25-22(26-31-23)18-9-5-8-17-16(18)7-6-10-19(17)27-32(4,28)29;1-13(2)27-20-11-10-14(12-19(20)24-3)22-25-21(26-28-22)17-8-4-7-16-15(17)6-5-9-18(16)23;/h5,8-9,11-14,19,27H,6-7,10H2,1-2,4H3;4,7-8,10-13,18H,5-6,9,23H2,1-2H3;1H4/t19-;18-;/m11./s1. The number of hydrogen-bond acceptors (Lipinski definition) is 11. The Balaban J connectivity index is 0.000000202. The van der Waals surface area contributed by atoms with Crippen molar-refractivity contribution in [2.45, 2.75) is 97.9 Å². The quantitative estimate of drug-likeness (QED) is 0.125. The normalized spacial score (nSPS) is 15.6. The van der Waals surface area contributed by atoms with Crippen molar-refractivity contribution in [2.24, 2.45) is 5.73 Å². The minimum atomic E-state index is -3.33. The van der Waals surface area contributed by atoms with E-state index >= 15 is 0 Å². The molecule has 2 aliphatic rings. The van der Waals surface area contributed by atoms with Crippen LogP contribution in [0.1, 0.15) is 95.1 Å². The van der Waals surface area contributed by atoms with E-state index in [1.807, 2.05) is 64.1 Å². The molecule has 15 heteroatoms. The maximum atomic E-state index is 11.8. The van der Waals surface area contributed by atoms with Gasteiger partial charge in [-0.3, -0.25) is 0 Å². The fourth-order valence-electron chi connectivity index (χ4n) is 7.62. The van der Waals surface area contributed by atoms with Crippen LogP contribution < -0.4 is 19.9 Å². The molecule has 0 saturated heterocycles. The maximum Gasteiger partial charge on any atom is 0.256 e. The molecule has 3 N–H and O–H groups in total. The van der Waals surface area contributed by atoms with Gasteiger partial charge in [-0.05, 0) is 125 Å². The Bertz CT molecular complexity index is 2710. The highest BCUT2D eigenvalue weighted by Crippen LogP contribution is 2.39. The molecule has 14 nitrogen and oxygen atoms in total. The fourth-order valence-corrected chi connectivity index (χ4v) is 8.38. The number of ether oxygens (including phenoxy) is 2. The molecule has 0 bridgehead atoms. The lowest BCUT2D eigenvalue weighted by Gasteiger charge is -2.26. The molecule has 0 fully saturated rings. The van der Waals surface area contributed by atoms with Gasteiger partial charge < -0.3 is 24.3 Å². The molecule has 0 unspecified atom stereocenters. The van der Waals surface area contributed by atoms with Crippen molar-refractivity contribution < 1.29 is 26.9 Å². The molecular weight excluding hydrogens is 793 g/mol. The molecule has 2 heterocycles. The van der Waals surface area contributed by atoms with Crippen molar-refractivity contribution in [3.63, 3.8) is 0 Å². The Morgan fingerprint density at radius 2 is 1.21 bits per heavy atom. The third-order valence-corrected chi connectivity index (χ3v) is 10.8. The van der Waals surface area contributed by atoms with Crippen LogP contribution in [0.4, 0.5) is 11.4 Å². The maximum absolute atomic E-state index is 11.8. The summed E-state index contributed by atoms with van der Waals surface area (Å²) in [5.74, 6) is 2.74. The molecule has 0 saturated carbocycles. The van der Waals surface area contributed by atoms with Crippen LogP contribution in [0.3, 0.4) is 0 Å². The zero-order valence-corrected chi connectivity index (χ0v) is 34.9. The summed E-state index contributed by atoms with van der Waals surface area (Å²) in [6.45, 7) is 22.5. The van der Waals surface area contributed by atoms with Crippen molar-refractivity contribution in [2.75, 3.05) is 6.26 Å². The van der Waals surface area contributed by atoms with Gasteiger partial charge in [-0.2, -0.15) is 9.97 Å². The molecule has 2 atom stereocenters. The van der Waals surface area contributed by atoms with Gasteiger partial charge in [0.1, 0.15) is 11.5 Å². The largest absolute Gasteiger partial charge is 0.502 e. The highest BCUT2D eigenvalue weighted by molar-refractivity contribution is 7.88. The van der Waals surface area contributed by atoms with Crippen molar-refractivity contribution in [1.82, 2.24) is 25.0 Å². The first kappa shape index (κ1) is 44.2. The van der Waals surface area contributed by atoms with Crippen LogP contribution in [0.2, 0.25) is 0 Å². The van der Waals surface area contributed by atoms with Crippen LogP contribution >= 0.6 is 0 Å². The average Bonchev–Trinajstić information content (AvgIpc) is 3.92.